The lowest BCUT2D eigenvalue weighted by Gasteiger charge is -2.15. The maximum absolute atomic E-state index is 11.1. The van der Waals surface area contributed by atoms with Crippen LogP contribution in [-0.4, -0.2) is 38.3 Å². The largest absolute Gasteiger partial charge is 0.496 e. The van der Waals surface area contributed by atoms with Crippen molar-refractivity contribution in [1.82, 2.24) is 0 Å². The van der Waals surface area contributed by atoms with Crippen molar-refractivity contribution in [2.75, 3.05) is 28.4 Å². The van der Waals surface area contributed by atoms with Crippen LogP contribution in [0.2, 0.25) is 0 Å². The van der Waals surface area contributed by atoms with E-state index < -0.39 is 9.85 Å². The monoisotopic (exact) mass is 582 g/mol. The highest BCUT2D eigenvalue weighted by molar-refractivity contribution is 14.1. The average Bonchev–Trinajstić information content (AvgIpc) is 2.83. The van der Waals surface area contributed by atoms with Gasteiger partial charge in [-0.05, 0) is 52.8 Å². The Hall–Kier alpha value is -3.61. The van der Waals surface area contributed by atoms with Gasteiger partial charge in [0.15, 0.2) is 0 Å². The average molecular weight is 582 g/mol. The van der Waals surface area contributed by atoms with E-state index >= 15 is 0 Å². The number of hydrogen-bond acceptors (Lipinski definition) is 8. The maximum atomic E-state index is 11.1. The number of methoxy groups -OCH3 is 4. The number of hydrogen-bond donors (Lipinski definition) is 0. The highest BCUT2D eigenvalue weighted by Gasteiger charge is 2.24. The second-order valence-electron chi connectivity index (χ2n) is 6.66. The van der Waals surface area contributed by atoms with Gasteiger partial charge in [0.1, 0.15) is 15.1 Å². The number of rotatable bonds is 7. The Morgan fingerprint density at radius 2 is 1.21 bits per heavy atom. The minimum atomic E-state index is -0.486. The molecule has 0 bridgehead atoms. The first kappa shape index (κ1) is 26.6. The third-order valence-electron chi connectivity index (χ3n) is 4.80. The number of nitrogens with zero attached hydrogens (tertiary/aromatic N) is 2. The lowest BCUT2D eigenvalue weighted by molar-refractivity contribution is -0.385. The first-order valence-corrected chi connectivity index (χ1v) is 10.8. The molecule has 0 unspecified atom stereocenters. The fraction of sp³-hybridized carbons (Fsp3) is 0.217. The zero-order chi connectivity index (χ0) is 25.4. The van der Waals surface area contributed by atoms with Gasteiger partial charge < -0.3 is 18.9 Å². The van der Waals surface area contributed by atoms with E-state index in [9.17, 15) is 20.2 Å². The number of halogens is 1. The van der Waals surface area contributed by atoms with Crippen LogP contribution >= 0.6 is 22.6 Å². The summed E-state index contributed by atoms with van der Waals surface area (Å²) in [6.45, 7) is 1.94. The summed E-state index contributed by atoms with van der Waals surface area (Å²) in [5, 5.41) is 21.7. The van der Waals surface area contributed by atoms with Crippen molar-refractivity contribution in [1.29, 1.82) is 0 Å². The summed E-state index contributed by atoms with van der Waals surface area (Å²) in [5.74, 6) is 1.55. The van der Waals surface area contributed by atoms with Gasteiger partial charge in [-0.3, -0.25) is 20.2 Å². The van der Waals surface area contributed by atoms with Crippen LogP contribution in [0.3, 0.4) is 0 Å². The highest BCUT2D eigenvalue weighted by atomic mass is 127. The molecule has 3 rings (SSSR count). The normalized spacial score (nSPS) is 9.94. The summed E-state index contributed by atoms with van der Waals surface area (Å²) in [5.41, 5.74) is 2.31. The zero-order valence-electron chi connectivity index (χ0n) is 19.2. The molecule has 3 aromatic rings. The lowest BCUT2D eigenvalue weighted by atomic mass is 9.98. The fourth-order valence-corrected chi connectivity index (χ4v) is 4.10. The van der Waals surface area contributed by atoms with Crippen molar-refractivity contribution in [3.05, 3.63) is 77.9 Å². The Morgan fingerprint density at radius 1 is 0.706 bits per heavy atom. The number of aryl methyl sites for hydroxylation is 1. The van der Waals surface area contributed by atoms with Crippen molar-refractivity contribution in [2.45, 2.75) is 6.92 Å². The van der Waals surface area contributed by atoms with E-state index in [0.29, 0.717) is 20.6 Å². The maximum Gasteiger partial charge on any atom is 0.312 e. The Balaban J connectivity index is 0.000000257. The molecule has 0 amide bonds. The Labute approximate surface area is 209 Å². The molecule has 0 atom stereocenters. The molecule has 0 aliphatic rings. The van der Waals surface area contributed by atoms with Gasteiger partial charge in [0, 0.05) is 12.1 Å². The van der Waals surface area contributed by atoms with Gasteiger partial charge in [0.2, 0.25) is 11.5 Å². The molecule has 0 aliphatic heterocycles. The molecule has 0 saturated carbocycles. The van der Waals surface area contributed by atoms with Gasteiger partial charge in [-0.1, -0.05) is 24.3 Å². The van der Waals surface area contributed by atoms with E-state index in [1.165, 1.54) is 40.6 Å². The summed E-state index contributed by atoms with van der Waals surface area (Å²) < 4.78 is 21.2. The van der Waals surface area contributed by atoms with Crippen LogP contribution in [0, 0.1) is 30.7 Å². The molecule has 0 aliphatic carbocycles. The van der Waals surface area contributed by atoms with Crippen LogP contribution in [0.1, 0.15) is 5.56 Å². The molecule has 0 saturated heterocycles. The van der Waals surface area contributed by atoms with Gasteiger partial charge in [-0.15, -0.1) is 0 Å². The predicted molar refractivity (Wildman–Crippen MR) is 135 cm³/mol. The van der Waals surface area contributed by atoms with E-state index in [-0.39, 0.29) is 22.9 Å². The molecule has 3 aromatic carbocycles. The lowest BCUT2D eigenvalue weighted by Crippen LogP contribution is -1.99. The first-order valence-electron chi connectivity index (χ1n) is 9.71. The second-order valence-corrected chi connectivity index (χ2v) is 7.74. The topological polar surface area (TPSA) is 123 Å². The zero-order valence-corrected chi connectivity index (χ0v) is 21.3. The molecule has 0 heterocycles. The fourth-order valence-electron chi connectivity index (χ4n) is 3.21. The number of ether oxygens (including phenoxy) is 4. The molecular formula is C23H23IN2O8. The van der Waals surface area contributed by atoms with E-state index in [1.807, 2.05) is 53.8 Å². The standard InChI is InChI=1S/C15H15NO4.C8H8INO4/c1-10-6-4-5-7-11(10)14-13(19-2)9-8-12(16(17)18)15(14)20-3;1-13-6-4-3-5(10(11)12)8(14-2)7(6)9/h4-9H,1-3H3;3-4H,1-2H3. The van der Waals surface area contributed by atoms with Crippen LogP contribution in [0.25, 0.3) is 11.1 Å². The molecule has 0 fully saturated rings. The molecule has 0 spiro atoms. The van der Waals surface area contributed by atoms with Crippen LogP contribution in [0.15, 0.2) is 48.5 Å². The summed E-state index contributed by atoms with van der Waals surface area (Å²) in [4.78, 5) is 20.8. The van der Waals surface area contributed by atoms with E-state index in [1.54, 1.807) is 12.1 Å². The van der Waals surface area contributed by atoms with Crippen molar-refractivity contribution in [3.63, 3.8) is 0 Å². The smallest absolute Gasteiger partial charge is 0.312 e. The van der Waals surface area contributed by atoms with Crippen LogP contribution in [-0.2, 0) is 0 Å². The molecule has 34 heavy (non-hydrogen) atoms. The van der Waals surface area contributed by atoms with Gasteiger partial charge in [-0.25, -0.2) is 0 Å². The van der Waals surface area contributed by atoms with Gasteiger partial charge in [0.25, 0.3) is 0 Å². The van der Waals surface area contributed by atoms with Crippen molar-refractivity contribution < 1.29 is 28.8 Å². The second kappa shape index (κ2) is 12.0. The van der Waals surface area contributed by atoms with Crippen LogP contribution < -0.4 is 18.9 Å². The Kier molecular flexibility index (Phi) is 9.42. The molecule has 180 valence electrons. The minimum Gasteiger partial charge on any atom is -0.496 e. The summed E-state index contributed by atoms with van der Waals surface area (Å²) in [7, 11) is 5.85. The molecule has 11 heteroatoms. The van der Waals surface area contributed by atoms with Gasteiger partial charge in [-0.2, -0.15) is 0 Å². The highest BCUT2D eigenvalue weighted by Crippen LogP contribution is 2.45. The number of benzene rings is 3. The first-order chi connectivity index (χ1) is 16.2. The molecule has 0 N–H and O–H groups in total. The third-order valence-corrected chi connectivity index (χ3v) is 5.82. The third kappa shape index (κ3) is 5.65. The van der Waals surface area contributed by atoms with Crippen molar-refractivity contribution in [2.24, 2.45) is 0 Å². The van der Waals surface area contributed by atoms with E-state index in [2.05, 4.69) is 0 Å². The van der Waals surface area contributed by atoms with Crippen LogP contribution in [0.4, 0.5) is 11.4 Å². The Morgan fingerprint density at radius 3 is 1.68 bits per heavy atom. The van der Waals surface area contributed by atoms with Crippen molar-refractivity contribution >= 4 is 34.0 Å². The quantitative estimate of drug-likeness (QED) is 0.195. The van der Waals surface area contributed by atoms with E-state index in [4.69, 9.17) is 18.9 Å². The van der Waals surface area contributed by atoms with Crippen molar-refractivity contribution in [3.8, 4) is 34.1 Å². The molecule has 10 nitrogen and oxygen atoms in total. The van der Waals surface area contributed by atoms with Gasteiger partial charge in [0.05, 0.1) is 43.8 Å². The van der Waals surface area contributed by atoms with E-state index in [0.717, 1.165) is 11.1 Å². The van der Waals surface area contributed by atoms with Crippen LogP contribution in [0.5, 0.6) is 23.0 Å². The molecule has 0 aromatic heterocycles. The SMILES string of the molecule is COc1ccc([N+](=O)[O-])c(OC)c1-c1ccccc1C.COc1ccc([N+](=O)[O-])c(OC)c1I. The minimum absolute atomic E-state index is 0.0577. The summed E-state index contributed by atoms with van der Waals surface area (Å²) >= 11 is 1.95. The number of nitro benzene ring substituents is 2. The summed E-state index contributed by atoms with van der Waals surface area (Å²) in [6, 6.07) is 13.5. The Bertz CT molecular complexity index is 1200. The summed E-state index contributed by atoms with van der Waals surface area (Å²) in [6.07, 6.45) is 0. The number of nitro groups is 2. The molecular weight excluding hydrogens is 559 g/mol. The molecule has 0 radical (unpaired) electrons. The van der Waals surface area contributed by atoms with Gasteiger partial charge >= 0.3 is 11.4 Å². The predicted octanol–water partition coefficient (Wildman–Crippen LogP) is 5.80.